The Balaban J connectivity index is 2.71. The summed E-state index contributed by atoms with van der Waals surface area (Å²) in [5.41, 5.74) is 0. The summed E-state index contributed by atoms with van der Waals surface area (Å²) in [6, 6.07) is 0. The first-order valence-corrected chi connectivity index (χ1v) is 6.90. The van der Waals surface area contributed by atoms with Gasteiger partial charge in [-0.05, 0) is 0 Å². The van der Waals surface area contributed by atoms with Crippen molar-refractivity contribution in [3.63, 3.8) is 0 Å². The number of aryl methyl sites for hydroxylation is 1. The maximum atomic E-state index is 4.19. The van der Waals surface area contributed by atoms with Crippen molar-refractivity contribution in [2.45, 2.75) is 31.1 Å². The van der Waals surface area contributed by atoms with Crippen molar-refractivity contribution >= 4 is 24.7 Å². The summed E-state index contributed by atoms with van der Waals surface area (Å²) in [4.78, 5) is 8.39. The monoisotopic (exact) mass is 270 g/mol. The topological polar surface area (TPSA) is 25.8 Å². The van der Waals surface area contributed by atoms with Gasteiger partial charge in [0.25, 0.3) is 0 Å². The third-order valence-electron chi connectivity index (χ3n) is 1.30. The minimum atomic E-state index is -0.494. The van der Waals surface area contributed by atoms with Crippen molar-refractivity contribution in [1.29, 1.82) is 0 Å². The second-order valence-electron chi connectivity index (χ2n) is 3.89. The first-order chi connectivity index (χ1) is 5.47. The predicted octanol–water partition coefficient (Wildman–Crippen LogP) is 1.33. The molecule has 1 rings (SSSR count). The van der Waals surface area contributed by atoms with Gasteiger partial charge in [0, 0.05) is 0 Å². The molecule has 0 aliphatic heterocycles. The molecular weight excluding hydrogens is 255 g/mol. The van der Waals surface area contributed by atoms with Crippen molar-refractivity contribution < 1.29 is 0 Å². The van der Waals surface area contributed by atoms with E-state index in [1.807, 2.05) is 19.3 Å². The molecular formula is C9H14N2Sn. The van der Waals surface area contributed by atoms with E-state index in [2.05, 4.69) is 30.7 Å². The van der Waals surface area contributed by atoms with E-state index >= 15 is 0 Å². The van der Waals surface area contributed by atoms with Crippen LogP contribution in [0.2, 0.25) is 3.43 Å². The molecule has 1 aromatic heterocycles. The Labute approximate surface area is 84.0 Å². The van der Waals surface area contributed by atoms with Crippen LogP contribution in [0.1, 0.15) is 26.6 Å². The molecule has 0 saturated heterocycles. The molecule has 0 N–H and O–H groups in total. The summed E-state index contributed by atoms with van der Waals surface area (Å²) in [7, 11) is 0. The molecule has 64 valence electrons. The normalized spacial score (nSPS) is 11.7. The Hall–Kier alpha value is -0.121. The molecule has 1 aromatic rings. The summed E-state index contributed by atoms with van der Waals surface area (Å²) < 4.78 is 1.87. The van der Waals surface area contributed by atoms with Crippen LogP contribution in [0.25, 0.3) is 0 Å². The summed E-state index contributed by atoms with van der Waals surface area (Å²) in [5.74, 6) is 0.868. The Morgan fingerprint density at radius 1 is 1.17 bits per heavy atom. The standard InChI is InChI=1S/C5H5N2.C4H9.Sn/c1-5-6-3-2-4-7-5;1-4(2)3;/h3-4H,1H3;1-3H3;. The fourth-order valence-electron chi connectivity index (χ4n) is 0.890. The summed E-state index contributed by atoms with van der Waals surface area (Å²) in [6.45, 7) is 8.79. The van der Waals surface area contributed by atoms with Crippen LogP contribution in [0.5, 0.6) is 0 Å². The molecule has 0 amide bonds. The van der Waals surface area contributed by atoms with E-state index in [9.17, 15) is 0 Å². The number of nitrogens with zero attached hydrogens (tertiary/aromatic N) is 2. The Bertz CT molecular complexity index is 248. The van der Waals surface area contributed by atoms with Gasteiger partial charge in [0.2, 0.25) is 0 Å². The molecule has 3 heteroatoms. The first-order valence-electron chi connectivity index (χ1n) is 4.04. The van der Waals surface area contributed by atoms with Gasteiger partial charge in [-0.1, -0.05) is 0 Å². The fraction of sp³-hybridized carbons (Fsp3) is 0.556. The molecule has 0 aliphatic rings. The number of hydrogen-bond donors (Lipinski definition) is 0. The second kappa shape index (κ2) is 3.73. The molecule has 12 heavy (non-hydrogen) atoms. The molecule has 0 atom stereocenters. The summed E-state index contributed by atoms with van der Waals surface area (Å²) in [6.07, 6.45) is 3.97. The van der Waals surface area contributed by atoms with Gasteiger partial charge in [0.1, 0.15) is 0 Å². The van der Waals surface area contributed by atoms with E-state index in [1.54, 1.807) is 0 Å². The second-order valence-corrected chi connectivity index (χ2v) is 10.5. The van der Waals surface area contributed by atoms with Crippen LogP contribution in [0.4, 0.5) is 0 Å². The third-order valence-corrected chi connectivity index (χ3v) is 5.00. The number of aromatic nitrogens is 2. The molecule has 1 heterocycles. The zero-order chi connectivity index (χ0) is 9.19. The van der Waals surface area contributed by atoms with Gasteiger partial charge in [0.05, 0.1) is 0 Å². The van der Waals surface area contributed by atoms with Gasteiger partial charge in [-0.25, -0.2) is 0 Å². The van der Waals surface area contributed by atoms with Crippen LogP contribution >= 0.6 is 0 Å². The van der Waals surface area contributed by atoms with Gasteiger partial charge < -0.3 is 0 Å². The van der Waals surface area contributed by atoms with Crippen molar-refractivity contribution in [1.82, 2.24) is 9.97 Å². The number of rotatable bonds is 1. The molecule has 0 aliphatic carbocycles. The van der Waals surface area contributed by atoms with E-state index in [-0.39, 0.29) is 0 Å². The molecule has 0 unspecified atom stereocenters. The Kier molecular flexibility index (Phi) is 3.09. The van der Waals surface area contributed by atoms with Crippen LogP contribution in [0.3, 0.4) is 0 Å². The third kappa shape index (κ3) is 3.52. The van der Waals surface area contributed by atoms with Gasteiger partial charge in [-0.2, -0.15) is 0 Å². The van der Waals surface area contributed by atoms with Gasteiger partial charge >= 0.3 is 84.0 Å². The van der Waals surface area contributed by atoms with Gasteiger partial charge in [-0.3, -0.25) is 0 Å². The van der Waals surface area contributed by atoms with Gasteiger partial charge in [-0.15, -0.1) is 0 Å². The van der Waals surface area contributed by atoms with Crippen molar-refractivity contribution in [3.8, 4) is 0 Å². The zero-order valence-electron chi connectivity index (χ0n) is 8.05. The van der Waals surface area contributed by atoms with Crippen LogP contribution in [0, 0.1) is 6.92 Å². The van der Waals surface area contributed by atoms with E-state index in [4.69, 9.17) is 0 Å². The zero-order valence-corrected chi connectivity index (χ0v) is 10.9. The first kappa shape index (κ1) is 9.96. The van der Waals surface area contributed by atoms with E-state index in [0.717, 1.165) is 5.82 Å². The van der Waals surface area contributed by atoms with E-state index in [1.165, 1.54) is 3.58 Å². The van der Waals surface area contributed by atoms with Crippen molar-refractivity contribution in [3.05, 3.63) is 18.2 Å². The average molecular weight is 269 g/mol. The SMILES string of the molecule is Cc1nc[c]([Sn][C](C)(C)C)cn1. The molecule has 0 spiro atoms. The van der Waals surface area contributed by atoms with Crippen LogP contribution in [-0.2, 0) is 0 Å². The molecule has 0 fully saturated rings. The molecule has 0 saturated carbocycles. The molecule has 0 bridgehead atoms. The van der Waals surface area contributed by atoms with Crippen LogP contribution in [0.15, 0.2) is 12.4 Å². The average Bonchev–Trinajstić information content (AvgIpc) is 1.91. The Morgan fingerprint density at radius 3 is 2.08 bits per heavy atom. The maximum absolute atomic E-state index is 4.19. The quantitative estimate of drug-likeness (QED) is 0.719. The van der Waals surface area contributed by atoms with E-state index in [0.29, 0.717) is 3.43 Å². The minimum absolute atomic E-state index is 0.488. The molecule has 0 aromatic carbocycles. The van der Waals surface area contributed by atoms with E-state index < -0.39 is 21.1 Å². The Morgan fingerprint density at radius 2 is 1.67 bits per heavy atom. The van der Waals surface area contributed by atoms with Gasteiger partial charge in [0.15, 0.2) is 0 Å². The van der Waals surface area contributed by atoms with Crippen LogP contribution < -0.4 is 3.58 Å². The summed E-state index contributed by atoms with van der Waals surface area (Å²) >= 11 is -0.494. The summed E-state index contributed by atoms with van der Waals surface area (Å²) in [5, 5.41) is 0. The fourth-order valence-corrected chi connectivity index (χ4v) is 4.10. The van der Waals surface area contributed by atoms with Crippen LogP contribution in [-0.4, -0.2) is 31.1 Å². The van der Waals surface area contributed by atoms with Crippen molar-refractivity contribution in [2.24, 2.45) is 0 Å². The molecule has 2 nitrogen and oxygen atoms in total. The number of hydrogen-bond acceptors (Lipinski definition) is 2. The molecule has 2 radical (unpaired) electrons. The predicted molar refractivity (Wildman–Crippen MR) is 51.9 cm³/mol. The van der Waals surface area contributed by atoms with Crippen molar-refractivity contribution in [2.75, 3.05) is 0 Å².